The van der Waals surface area contributed by atoms with Gasteiger partial charge in [0.25, 0.3) is 0 Å². The van der Waals surface area contributed by atoms with Crippen LogP contribution < -0.4 is 10.5 Å². The molecule has 1 atom stereocenters. The zero-order valence-electron chi connectivity index (χ0n) is 10.1. The number of rotatable bonds is 4. The molecule has 5 heteroatoms. The molecular weight excluding hydrogens is 296 g/mol. The fourth-order valence-corrected chi connectivity index (χ4v) is 2.32. The summed E-state index contributed by atoms with van der Waals surface area (Å²) in [6.45, 7) is 1.33. The Morgan fingerprint density at radius 2 is 2.33 bits per heavy atom. The Kier molecular flexibility index (Phi) is 4.60. The van der Waals surface area contributed by atoms with Crippen LogP contribution in [-0.4, -0.2) is 25.2 Å². The number of ether oxygens (including phenoxy) is 2. The molecule has 18 heavy (non-hydrogen) atoms. The van der Waals surface area contributed by atoms with E-state index in [0.29, 0.717) is 17.9 Å². The first kappa shape index (κ1) is 13.4. The van der Waals surface area contributed by atoms with Crippen molar-refractivity contribution in [3.05, 3.63) is 28.2 Å². The van der Waals surface area contributed by atoms with E-state index in [4.69, 9.17) is 20.6 Å². The fourth-order valence-electron chi connectivity index (χ4n) is 1.96. The van der Waals surface area contributed by atoms with Crippen molar-refractivity contribution in [1.29, 1.82) is 5.41 Å². The van der Waals surface area contributed by atoms with Crippen LogP contribution in [0.1, 0.15) is 24.8 Å². The SMILES string of the molecule is N=C(N)c1cc(Br)ccc1OCC1CCCCO1. The Labute approximate surface area is 115 Å². The molecule has 0 spiro atoms. The van der Waals surface area contributed by atoms with Gasteiger partial charge in [-0.15, -0.1) is 0 Å². The van der Waals surface area contributed by atoms with Crippen molar-refractivity contribution in [3.63, 3.8) is 0 Å². The first-order valence-electron chi connectivity index (χ1n) is 6.05. The highest BCUT2D eigenvalue weighted by atomic mass is 79.9. The van der Waals surface area contributed by atoms with Crippen molar-refractivity contribution in [2.24, 2.45) is 5.73 Å². The molecule has 0 aliphatic carbocycles. The average Bonchev–Trinajstić information content (AvgIpc) is 2.38. The van der Waals surface area contributed by atoms with Crippen molar-refractivity contribution in [2.45, 2.75) is 25.4 Å². The molecule has 4 nitrogen and oxygen atoms in total. The first-order valence-corrected chi connectivity index (χ1v) is 6.84. The minimum atomic E-state index is 0.0101. The molecule has 1 fully saturated rings. The quantitative estimate of drug-likeness (QED) is 0.663. The lowest BCUT2D eigenvalue weighted by Gasteiger charge is -2.23. The highest BCUT2D eigenvalue weighted by molar-refractivity contribution is 9.10. The van der Waals surface area contributed by atoms with Crippen molar-refractivity contribution in [2.75, 3.05) is 13.2 Å². The van der Waals surface area contributed by atoms with Crippen molar-refractivity contribution in [1.82, 2.24) is 0 Å². The molecule has 0 aromatic heterocycles. The van der Waals surface area contributed by atoms with Gasteiger partial charge in [0.15, 0.2) is 0 Å². The third-order valence-corrected chi connectivity index (χ3v) is 3.42. The van der Waals surface area contributed by atoms with Gasteiger partial charge < -0.3 is 15.2 Å². The van der Waals surface area contributed by atoms with Crippen LogP contribution in [0.3, 0.4) is 0 Å². The predicted molar refractivity (Wildman–Crippen MR) is 74.2 cm³/mol. The minimum absolute atomic E-state index is 0.0101. The van der Waals surface area contributed by atoms with Gasteiger partial charge in [0, 0.05) is 11.1 Å². The summed E-state index contributed by atoms with van der Waals surface area (Å²) in [5.41, 5.74) is 6.15. The zero-order chi connectivity index (χ0) is 13.0. The lowest BCUT2D eigenvalue weighted by Crippen LogP contribution is -2.26. The third kappa shape index (κ3) is 3.46. The zero-order valence-corrected chi connectivity index (χ0v) is 11.7. The molecule has 3 N–H and O–H groups in total. The molecule has 2 rings (SSSR count). The summed E-state index contributed by atoms with van der Waals surface area (Å²) in [6.07, 6.45) is 3.51. The predicted octanol–water partition coefficient (Wildman–Crippen LogP) is 2.68. The summed E-state index contributed by atoms with van der Waals surface area (Å²) in [5, 5.41) is 7.54. The summed E-state index contributed by atoms with van der Waals surface area (Å²) < 4.78 is 12.2. The lowest BCUT2D eigenvalue weighted by molar-refractivity contribution is -0.0111. The first-order chi connectivity index (χ1) is 8.66. The van der Waals surface area contributed by atoms with Crippen molar-refractivity contribution < 1.29 is 9.47 Å². The van der Waals surface area contributed by atoms with Gasteiger partial charge in [-0.05, 0) is 37.5 Å². The normalized spacial score (nSPS) is 19.5. The van der Waals surface area contributed by atoms with E-state index in [1.54, 1.807) is 6.07 Å². The number of nitrogen functional groups attached to an aromatic ring is 1. The van der Waals surface area contributed by atoms with Gasteiger partial charge in [0.2, 0.25) is 0 Å². The number of benzene rings is 1. The van der Waals surface area contributed by atoms with Crippen LogP contribution >= 0.6 is 15.9 Å². The number of nitrogens with one attached hydrogen (secondary N) is 1. The molecule has 1 unspecified atom stereocenters. The van der Waals surface area contributed by atoms with E-state index in [-0.39, 0.29) is 11.9 Å². The number of hydrogen-bond acceptors (Lipinski definition) is 3. The lowest BCUT2D eigenvalue weighted by atomic mass is 10.1. The number of halogens is 1. The molecule has 0 radical (unpaired) electrons. The Morgan fingerprint density at radius 3 is 3.00 bits per heavy atom. The Morgan fingerprint density at radius 1 is 1.50 bits per heavy atom. The van der Waals surface area contributed by atoms with E-state index in [1.165, 1.54) is 6.42 Å². The van der Waals surface area contributed by atoms with Gasteiger partial charge in [-0.2, -0.15) is 0 Å². The monoisotopic (exact) mass is 312 g/mol. The molecule has 0 bridgehead atoms. The molecule has 1 aliphatic rings. The van der Waals surface area contributed by atoms with Gasteiger partial charge in [0.05, 0.1) is 11.7 Å². The molecular formula is C13H17BrN2O2. The molecule has 0 amide bonds. The summed E-state index contributed by atoms with van der Waals surface area (Å²) in [5.74, 6) is 0.649. The van der Waals surface area contributed by atoms with Crippen LogP contribution in [0.25, 0.3) is 0 Å². The Bertz CT molecular complexity index is 431. The molecule has 1 aliphatic heterocycles. The number of nitrogens with two attached hydrogens (primary N) is 1. The van der Waals surface area contributed by atoms with Gasteiger partial charge in [-0.3, -0.25) is 5.41 Å². The maximum absolute atomic E-state index is 7.54. The summed E-state index contributed by atoms with van der Waals surface area (Å²) in [6, 6.07) is 5.49. The number of hydrogen-bond donors (Lipinski definition) is 2. The summed E-state index contributed by atoms with van der Waals surface area (Å²) in [4.78, 5) is 0. The van der Waals surface area contributed by atoms with Crippen LogP contribution in [0, 0.1) is 5.41 Å². The van der Waals surface area contributed by atoms with E-state index < -0.39 is 0 Å². The molecule has 1 aromatic carbocycles. The highest BCUT2D eigenvalue weighted by Gasteiger charge is 2.16. The second kappa shape index (κ2) is 6.20. The molecule has 1 saturated heterocycles. The molecule has 1 aromatic rings. The van der Waals surface area contributed by atoms with Crippen LogP contribution in [0.15, 0.2) is 22.7 Å². The summed E-state index contributed by atoms with van der Waals surface area (Å²) >= 11 is 3.36. The van der Waals surface area contributed by atoms with Crippen molar-refractivity contribution >= 4 is 21.8 Å². The van der Waals surface area contributed by atoms with E-state index >= 15 is 0 Å². The van der Waals surface area contributed by atoms with Gasteiger partial charge in [-0.25, -0.2) is 0 Å². The summed E-state index contributed by atoms with van der Waals surface area (Å²) in [7, 11) is 0. The average molecular weight is 313 g/mol. The van der Waals surface area contributed by atoms with E-state index in [0.717, 1.165) is 23.9 Å². The second-order valence-electron chi connectivity index (χ2n) is 4.35. The minimum Gasteiger partial charge on any atom is -0.490 e. The van der Waals surface area contributed by atoms with Crippen molar-refractivity contribution in [3.8, 4) is 5.75 Å². The van der Waals surface area contributed by atoms with E-state index in [2.05, 4.69) is 15.9 Å². The van der Waals surface area contributed by atoms with Crippen LogP contribution in [-0.2, 0) is 4.74 Å². The smallest absolute Gasteiger partial charge is 0.130 e. The largest absolute Gasteiger partial charge is 0.490 e. The van der Waals surface area contributed by atoms with Gasteiger partial charge in [0.1, 0.15) is 18.2 Å². The van der Waals surface area contributed by atoms with Crippen LogP contribution in [0.2, 0.25) is 0 Å². The second-order valence-corrected chi connectivity index (χ2v) is 5.27. The topological polar surface area (TPSA) is 68.3 Å². The van der Waals surface area contributed by atoms with Gasteiger partial charge in [-0.1, -0.05) is 15.9 Å². The maximum Gasteiger partial charge on any atom is 0.130 e. The standard InChI is InChI=1S/C13H17BrN2O2/c14-9-4-5-12(11(7-9)13(15)16)18-8-10-3-1-2-6-17-10/h4-5,7,10H,1-3,6,8H2,(H3,15,16). The maximum atomic E-state index is 7.54. The molecule has 1 heterocycles. The third-order valence-electron chi connectivity index (χ3n) is 2.93. The Hall–Kier alpha value is -1.07. The fraction of sp³-hybridized carbons (Fsp3) is 0.462. The molecule has 0 saturated carbocycles. The highest BCUT2D eigenvalue weighted by Crippen LogP contribution is 2.24. The Balaban J connectivity index is 2.01. The molecule has 98 valence electrons. The van der Waals surface area contributed by atoms with Gasteiger partial charge >= 0.3 is 0 Å². The number of amidine groups is 1. The van der Waals surface area contributed by atoms with Crippen LogP contribution in [0.5, 0.6) is 5.75 Å². The van der Waals surface area contributed by atoms with E-state index in [1.807, 2.05) is 12.1 Å². The van der Waals surface area contributed by atoms with E-state index in [9.17, 15) is 0 Å². The van der Waals surface area contributed by atoms with Crippen LogP contribution in [0.4, 0.5) is 0 Å².